The summed E-state index contributed by atoms with van der Waals surface area (Å²) in [7, 11) is -3.87. The monoisotopic (exact) mass is 1480 g/mol. The van der Waals surface area contributed by atoms with Gasteiger partial charge in [0.15, 0.2) is 11.6 Å². The van der Waals surface area contributed by atoms with E-state index in [9.17, 15) is 81.3 Å². The maximum Gasteiger partial charge on any atom is 0.326 e. The molecule has 0 radical (unpaired) electrons. The van der Waals surface area contributed by atoms with Gasteiger partial charge in [-0.15, -0.1) is 0 Å². The highest BCUT2D eigenvalue weighted by Crippen LogP contribution is 2.28. The van der Waals surface area contributed by atoms with E-state index in [1.54, 1.807) is 12.1 Å². The van der Waals surface area contributed by atoms with Gasteiger partial charge in [0.25, 0.3) is 10.1 Å². The van der Waals surface area contributed by atoms with Gasteiger partial charge in [0.05, 0.1) is 56.6 Å². The lowest BCUT2D eigenvalue weighted by Crippen LogP contribution is -2.44. The molecule has 1 aromatic carbocycles. The standard InChI is InChI=1S/C73H121N7O22S/c1-51(2)43-60(83)45-55(63(84)47-57(72(92)93)48-68(88)79-53(4)70(90)52(3)61(25-17-18-26-65(74)75)64(85)46-56(71(76)91)44-54-28-30-58(81)31-29-54)23-19-20-34-77-69(89)50-102-41-38-99-36-22-24-59(82)49-101-40-39-100-37-35-78-66(86)33-32-62(73(94)95)80-67(87)27-16-14-12-10-8-6-5-7-9-11-13-15-21-42-103(96,97)98/h28-31,51-53,55-57,61-62,81H,5-27,32-50H2,1-4H3,(H3,74,75)(H2,76,91)(H,77,89)(H,78,86)(H,79,88)(H,80,87)(H,92,93)(H,94,95)(H,96,97,98)/t52?,53-,55+,56+,57-,61+,62-/m0/s1. The minimum absolute atomic E-state index is 0.00150. The van der Waals surface area contributed by atoms with Gasteiger partial charge in [-0.05, 0) is 88.3 Å². The first-order chi connectivity index (χ1) is 48.9. The van der Waals surface area contributed by atoms with Crippen molar-refractivity contribution in [3.05, 3.63) is 29.8 Å². The van der Waals surface area contributed by atoms with Crippen molar-refractivity contribution in [1.82, 2.24) is 21.3 Å². The molecule has 0 aliphatic carbocycles. The first kappa shape index (κ1) is 93.9. The number of unbranched alkanes of at least 4 members (excludes halogenated alkanes) is 14. The second kappa shape index (κ2) is 56.3. The molecule has 586 valence electrons. The molecule has 0 saturated carbocycles. The molecule has 30 heteroatoms. The second-order valence-electron chi connectivity index (χ2n) is 27.2. The van der Waals surface area contributed by atoms with Crippen LogP contribution in [0.2, 0.25) is 0 Å². The number of nitrogens with one attached hydrogen (secondary N) is 5. The number of aliphatic carboxylic acids is 2. The number of amidine groups is 1. The molecule has 0 fully saturated rings. The summed E-state index contributed by atoms with van der Waals surface area (Å²) in [5.74, 6) is -12.6. The molecule has 1 aromatic rings. The van der Waals surface area contributed by atoms with Crippen molar-refractivity contribution in [1.29, 1.82) is 5.41 Å². The fraction of sp³-hybridized carbons (Fsp3) is 0.740. The number of hydrogen-bond acceptors (Lipinski definition) is 20. The molecule has 29 nitrogen and oxygen atoms in total. The van der Waals surface area contributed by atoms with Gasteiger partial charge in [-0.2, -0.15) is 8.42 Å². The van der Waals surface area contributed by atoms with E-state index in [0.717, 1.165) is 70.6 Å². The number of hydrogen-bond donors (Lipinski definition) is 11. The van der Waals surface area contributed by atoms with Gasteiger partial charge in [0, 0.05) is 101 Å². The molecule has 0 heterocycles. The fourth-order valence-electron chi connectivity index (χ4n) is 11.7. The van der Waals surface area contributed by atoms with Gasteiger partial charge < -0.3 is 67.0 Å². The Bertz CT molecular complexity index is 2860. The molecule has 0 saturated heterocycles. The van der Waals surface area contributed by atoms with Crippen molar-refractivity contribution >= 4 is 86.3 Å². The van der Waals surface area contributed by atoms with Crippen LogP contribution >= 0.6 is 0 Å². The summed E-state index contributed by atoms with van der Waals surface area (Å²) >= 11 is 0. The first-order valence-electron chi connectivity index (χ1n) is 36.7. The van der Waals surface area contributed by atoms with Crippen molar-refractivity contribution in [2.75, 3.05) is 71.7 Å². The number of phenolic OH excluding ortho intramolecular Hbond substituents is 1. The number of amides is 5. The van der Waals surface area contributed by atoms with Crippen molar-refractivity contribution in [2.45, 2.75) is 239 Å². The third-order valence-corrected chi connectivity index (χ3v) is 18.3. The van der Waals surface area contributed by atoms with Gasteiger partial charge in [0.1, 0.15) is 42.4 Å². The number of Topliss-reactive ketones (excluding diaryl/α,β-unsaturated/α-hetero) is 5. The number of nitrogens with two attached hydrogens (primary N) is 2. The van der Waals surface area contributed by atoms with E-state index in [0.29, 0.717) is 50.5 Å². The number of aromatic hydroxyl groups is 1. The van der Waals surface area contributed by atoms with Gasteiger partial charge in [-0.25, -0.2) is 4.79 Å². The molecular weight excluding hydrogens is 1360 g/mol. The molecule has 0 bridgehead atoms. The van der Waals surface area contributed by atoms with E-state index < -0.39 is 118 Å². The Morgan fingerprint density at radius 1 is 0.485 bits per heavy atom. The number of phenols is 1. The number of carbonyl (C=O) groups excluding carboxylic acids is 10. The van der Waals surface area contributed by atoms with Gasteiger partial charge in [-0.1, -0.05) is 116 Å². The van der Waals surface area contributed by atoms with Gasteiger partial charge in [0.2, 0.25) is 29.5 Å². The van der Waals surface area contributed by atoms with Crippen LogP contribution < -0.4 is 32.7 Å². The predicted molar refractivity (Wildman–Crippen MR) is 385 cm³/mol. The summed E-state index contributed by atoms with van der Waals surface area (Å²) in [6, 6.07) is 3.69. The summed E-state index contributed by atoms with van der Waals surface area (Å²) in [6.07, 6.45) is 14.0. The van der Waals surface area contributed by atoms with Crippen molar-refractivity contribution in [3.8, 4) is 5.75 Å². The molecule has 103 heavy (non-hydrogen) atoms. The number of primary amides is 1. The highest BCUT2D eigenvalue weighted by molar-refractivity contribution is 7.85. The van der Waals surface area contributed by atoms with Crippen LogP contribution in [0.3, 0.4) is 0 Å². The lowest BCUT2D eigenvalue weighted by Gasteiger charge is -2.26. The molecule has 5 amide bonds. The van der Waals surface area contributed by atoms with Crippen LogP contribution in [0.25, 0.3) is 0 Å². The number of ketones is 5. The number of ether oxygens (including phenoxy) is 4. The van der Waals surface area contributed by atoms with Crippen LogP contribution in [0, 0.1) is 40.9 Å². The Hall–Kier alpha value is -7.12. The molecule has 13 N–H and O–H groups in total. The number of rotatable bonds is 68. The van der Waals surface area contributed by atoms with Gasteiger partial charge >= 0.3 is 11.9 Å². The molecule has 7 atom stereocenters. The summed E-state index contributed by atoms with van der Waals surface area (Å²) < 4.78 is 52.0. The maximum absolute atomic E-state index is 13.9. The van der Waals surface area contributed by atoms with E-state index in [-0.39, 0.29) is 177 Å². The molecule has 1 rings (SSSR count). The average Bonchev–Trinajstić information content (AvgIpc) is 0.848. The molecule has 0 aliphatic rings. The Morgan fingerprint density at radius 3 is 1.62 bits per heavy atom. The first-order valence-corrected chi connectivity index (χ1v) is 38.4. The summed E-state index contributed by atoms with van der Waals surface area (Å²) in [5, 5.41) is 47.5. The quantitative estimate of drug-likeness (QED) is 0.0135. The zero-order chi connectivity index (χ0) is 77.0. The predicted octanol–water partition coefficient (Wildman–Crippen LogP) is 7.01. The Kier molecular flexibility index (Phi) is 51.3. The van der Waals surface area contributed by atoms with Crippen LogP contribution in [0.15, 0.2) is 24.3 Å². The molecule has 0 spiro atoms. The lowest BCUT2D eigenvalue weighted by molar-refractivity contribution is -0.146. The van der Waals surface area contributed by atoms with E-state index in [1.807, 2.05) is 13.8 Å². The fourth-order valence-corrected chi connectivity index (χ4v) is 12.3. The number of benzene rings is 1. The topological polar surface area (TPSA) is 481 Å². The Balaban J connectivity index is 2.37. The average molecular weight is 1480 g/mol. The largest absolute Gasteiger partial charge is 0.508 e. The highest BCUT2D eigenvalue weighted by atomic mass is 32.2. The zero-order valence-corrected chi connectivity index (χ0v) is 62.1. The van der Waals surface area contributed by atoms with Crippen molar-refractivity contribution < 1.29 is 105 Å². The molecule has 0 aliphatic heterocycles. The van der Waals surface area contributed by atoms with Crippen LogP contribution in [-0.4, -0.2) is 188 Å². The number of carboxylic acid groups (broad SMARTS) is 2. The third-order valence-electron chi connectivity index (χ3n) is 17.5. The highest BCUT2D eigenvalue weighted by Gasteiger charge is 2.36. The second-order valence-corrected chi connectivity index (χ2v) is 28.8. The van der Waals surface area contributed by atoms with Crippen molar-refractivity contribution in [3.63, 3.8) is 0 Å². The maximum atomic E-state index is 13.9. The van der Waals surface area contributed by atoms with E-state index in [4.69, 9.17) is 40.4 Å². The zero-order valence-electron chi connectivity index (χ0n) is 61.3. The van der Waals surface area contributed by atoms with Crippen LogP contribution in [-0.2, 0) is 93.0 Å². The Morgan fingerprint density at radius 2 is 1.04 bits per heavy atom. The third kappa shape index (κ3) is 50.1. The number of carboxylic acids is 2. The van der Waals surface area contributed by atoms with Gasteiger partial charge in [-0.3, -0.25) is 62.7 Å². The van der Waals surface area contributed by atoms with Crippen molar-refractivity contribution in [2.24, 2.45) is 47.0 Å². The minimum Gasteiger partial charge on any atom is -0.508 e. The minimum atomic E-state index is -3.87. The molecule has 0 aromatic heterocycles. The lowest BCUT2D eigenvalue weighted by atomic mass is 9.78. The number of carbonyl (C=O) groups is 12. The summed E-state index contributed by atoms with van der Waals surface area (Å²) in [6.45, 7) is 7.61. The summed E-state index contributed by atoms with van der Waals surface area (Å²) in [5.41, 5.74) is 11.9. The summed E-state index contributed by atoms with van der Waals surface area (Å²) in [4.78, 5) is 154. The Labute approximate surface area is 608 Å². The SMILES string of the molecule is CC(C)CC(=O)C[C@@H](CCCCNC(=O)COCCOCCCC(=O)COCCOCCNC(=O)CC[C@H](NC(=O)CCCCCCCCCCCCCCCS(=O)(=O)O)C(=O)O)C(=O)C[C@@H](CC(=O)N[C@@H](C)C(=O)C(C)[C@@H](CCCCC(=N)N)C(=O)C[C@@H](Cc1ccc(O)cc1)C(N)=O)C(=O)O. The van der Waals surface area contributed by atoms with Crippen LogP contribution in [0.1, 0.15) is 226 Å². The molecular formula is C73H121N7O22S. The van der Waals surface area contributed by atoms with E-state index in [1.165, 1.54) is 26.0 Å². The van der Waals surface area contributed by atoms with E-state index >= 15 is 0 Å². The normalized spacial score (nSPS) is 13.5. The smallest absolute Gasteiger partial charge is 0.326 e. The van der Waals surface area contributed by atoms with E-state index in [2.05, 4.69) is 21.3 Å². The molecule has 1 unspecified atom stereocenters. The van der Waals surface area contributed by atoms with Crippen LogP contribution in [0.4, 0.5) is 0 Å². The van der Waals surface area contributed by atoms with Crippen LogP contribution in [0.5, 0.6) is 5.75 Å².